The highest BCUT2D eigenvalue weighted by atomic mass is 32.1. The van der Waals surface area contributed by atoms with E-state index in [4.69, 9.17) is 0 Å². The first-order valence-corrected chi connectivity index (χ1v) is 7.55. The Morgan fingerprint density at radius 2 is 2.47 bits per heavy atom. The zero-order chi connectivity index (χ0) is 12.1. The van der Waals surface area contributed by atoms with Crippen molar-refractivity contribution in [2.75, 3.05) is 13.1 Å². The van der Waals surface area contributed by atoms with Gasteiger partial charge in [0, 0.05) is 23.7 Å². The van der Waals surface area contributed by atoms with E-state index in [2.05, 4.69) is 34.8 Å². The van der Waals surface area contributed by atoms with Gasteiger partial charge in [0.1, 0.15) is 5.01 Å². The molecule has 2 N–H and O–H groups in total. The van der Waals surface area contributed by atoms with Crippen LogP contribution < -0.4 is 10.6 Å². The van der Waals surface area contributed by atoms with Crippen molar-refractivity contribution in [2.24, 2.45) is 0 Å². The topological polar surface area (TPSA) is 37.0 Å². The molecule has 0 aromatic carbocycles. The summed E-state index contributed by atoms with van der Waals surface area (Å²) in [6.45, 7) is 6.73. The van der Waals surface area contributed by atoms with E-state index in [0.717, 1.165) is 13.0 Å². The van der Waals surface area contributed by atoms with Crippen molar-refractivity contribution >= 4 is 11.3 Å². The fraction of sp³-hybridized carbons (Fsp3) is 0.769. The van der Waals surface area contributed by atoms with E-state index in [-0.39, 0.29) is 0 Å². The lowest BCUT2D eigenvalue weighted by molar-refractivity contribution is 0.320. The van der Waals surface area contributed by atoms with Gasteiger partial charge in [0.25, 0.3) is 0 Å². The third-order valence-corrected chi connectivity index (χ3v) is 4.74. The van der Waals surface area contributed by atoms with Crippen LogP contribution in [-0.4, -0.2) is 23.6 Å². The van der Waals surface area contributed by atoms with Crippen molar-refractivity contribution < 1.29 is 0 Å². The van der Waals surface area contributed by atoms with Gasteiger partial charge in [0.05, 0.1) is 6.04 Å². The maximum atomic E-state index is 4.42. The van der Waals surface area contributed by atoms with Gasteiger partial charge in [0.2, 0.25) is 0 Å². The first kappa shape index (κ1) is 13.0. The van der Waals surface area contributed by atoms with Crippen molar-refractivity contribution in [3.8, 4) is 0 Å². The Morgan fingerprint density at radius 1 is 1.59 bits per heavy atom. The van der Waals surface area contributed by atoms with Gasteiger partial charge in [-0.2, -0.15) is 0 Å². The van der Waals surface area contributed by atoms with E-state index in [9.17, 15) is 0 Å². The Hall–Kier alpha value is -0.450. The molecule has 2 rings (SSSR count). The molecule has 0 spiro atoms. The van der Waals surface area contributed by atoms with Crippen molar-refractivity contribution in [1.29, 1.82) is 0 Å². The average molecular weight is 253 g/mol. The van der Waals surface area contributed by atoms with E-state index in [0.29, 0.717) is 11.6 Å². The molecule has 1 aromatic rings. The van der Waals surface area contributed by atoms with Crippen LogP contribution in [0.1, 0.15) is 50.6 Å². The highest BCUT2D eigenvalue weighted by Crippen LogP contribution is 2.25. The highest BCUT2D eigenvalue weighted by molar-refractivity contribution is 7.09. The summed E-state index contributed by atoms with van der Waals surface area (Å²) >= 11 is 1.75. The fourth-order valence-electron chi connectivity index (χ4n) is 2.58. The summed E-state index contributed by atoms with van der Waals surface area (Å²) in [4.78, 5) is 4.42. The predicted octanol–water partition coefficient (Wildman–Crippen LogP) is 2.72. The van der Waals surface area contributed by atoms with Crippen molar-refractivity contribution in [1.82, 2.24) is 15.6 Å². The Bertz CT molecular complexity index is 317. The third-order valence-electron chi connectivity index (χ3n) is 3.85. The SMILES string of the molecule is CCC(NCC1(CC)CCCN1)c1nccs1. The minimum atomic E-state index is 0.324. The largest absolute Gasteiger partial charge is 0.310 e. The van der Waals surface area contributed by atoms with Crippen molar-refractivity contribution in [3.63, 3.8) is 0 Å². The van der Waals surface area contributed by atoms with Crippen LogP contribution in [0.15, 0.2) is 11.6 Å². The number of hydrogen-bond acceptors (Lipinski definition) is 4. The van der Waals surface area contributed by atoms with Crippen LogP contribution >= 0.6 is 11.3 Å². The molecule has 96 valence electrons. The first-order valence-electron chi connectivity index (χ1n) is 6.67. The normalized spacial score (nSPS) is 26.2. The number of hydrogen-bond donors (Lipinski definition) is 2. The lowest BCUT2D eigenvalue weighted by atomic mass is 9.94. The van der Waals surface area contributed by atoms with Crippen molar-refractivity contribution in [3.05, 3.63) is 16.6 Å². The van der Waals surface area contributed by atoms with Crippen LogP contribution in [-0.2, 0) is 0 Å². The fourth-order valence-corrected chi connectivity index (χ4v) is 3.37. The summed E-state index contributed by atoms with van der Waals surface area (Å²) in [5.74, 6) is 0. The molecule has 2 unspecified atom stereocenters. The van der Waals surface area contributed by atoms with E-state index in [1.54, 1.807) is 11.3 Å². The lowest BCUT2D eigenvalue weighted by Gasteiger charge is -2.30. The number of thiazole rings is 1. The van der Waals surface area contributed by atoms with Gasteiger partial charge in [-0.1, -0.05) is 13.8 Å². The van der Waals surface area contributed by atoms with Crippen LogP contribution in [0, 0.1) is 0 Å². The highest BCUT2D eigenvalue weighted by Gasteiger charge is 2.31. The number of rotatable bonds is 6. The molecule has 0 bridgehead atoms. The minimum Gasteiger partial charge on any atom is -0.310 e. The molecule has 0 amide bonds. The molecule has 4 heteroatoms. The Balaban J connectivity index is 1.91. The van der Waals surface area contributed by atoms with E-state index >= 15 is 0 Å². The molecule has 0 radical (unpaired) electrons. The maximum Gasteiger partial charge on any atom is 0.109 e. The molecule has 1 saturated heterocycles. The molecule has 2 heterocycles. The van der Waals surface area contributed by atoms with Crippen LogP contribution in [0.5, 0.6) is 0 Å². The summed E-state index contributed by atoms with van der Waals surface area (Å²) < 4.78 is 0. The molecule has 17 heavy (non-hydrogen) atoms. The monoisotopic (exact) mass is 253 g/mol. The van der Waals surface area contributed by atoms with Crippen molar-refractivity contribution in [2.45, 2.75) is 51.1 Å². The lowest BCUT2D eigenvalue weighted by Crippen LogP contribution is -2.48. The maximum absolute atomic E-state index is 4.42. The number of nitrogens with one attached hydrogen (secondary N) is 2. The molecular weight excluding hydrogens is 230 g/mol. The number of nitrogens with zero attached hydrogens (tertiary/aromatic N) is 1. The molecule has 2 atom stereocenters. The van der Waals surface area contributed by atoms with Crippen LogP contribution in [0.3, 0.4) is 0 Å². The van der Waals surface area contributed by atoms with E-state index in [1.807, 2.05) is 6.20 Å². The second-order valence-corrected chi connectivity index (χ2v) is 5.80. The summed E-state index contributed by atoms with van der Waals surface area (Å²) in [6.07, 6.45) is 6.81. The average Bonchev–Trinajstić information content (AvgIpc) is 3.01. The molecule has 3 nitrogen and oxygen atoms in total. The smallest absolute Gasteiger partial charge is 0.109 e. The van der Waals surface area contributed by atoms with E-state index < -0.39 is 0 Å². The standard InChI is InChI=1S/C13H23N3S/c1-3-11(12-14-8-9-17-12)15-10-13(4-2)6-5-7-16-13/h8-9,11,15-16H,3-7,10H2,1-2H3. The van der Waals surface area contributed by atoms with Gasteiger partial charge < -0.3 is 10.6 Å². The second kappa shape index (κ2) is 5.94. The quantitative estimate of drug-likeness (QED) is 0.818. The van der Waals surface area contributed by atoms with Gasteiger partial charge in [-0.15, -0.1) is 11.3 Å². The zero-order valence-corrected chi connectivity index (χ0v) is 11.6. The van der Waals surface area contributed by atoms with Gasteiger partial charge in [0.15, 0.2) is 0 Å². The Labute approximate surface area is 108 Å². The van der Waals surface area contributed by atoms with Crippen LogP contribution in [0.2, 0.25) is 0 Å². The molecule has 1 aromatic heterocycles. The van der Waals surface area contributed by atoms with Gasteiger partial charge in [-0.3, -0.25) is 0 Å². The Morgan fingerprint density at radius 3 is 3.00 bits per heavy atom. The molecule has 1 aliphatic heterocycles. The first-order chi connectivity index (χ1) is 8.29. The van der Waals surface area contributed by atoms with E-state index in [1.165, 1.54) is 30.8 Å². The Kier molecular flexibility index (Phi) is 4.54. The van der Waals surface area contributed by atoms with Crippen LogP contribution in [0.4, 0.5) is 0 Å². The minimum absolute atomic E-state index is 0.324. The number of aromatic nitrogens is 1. The molecule has 1 aliphatic rings. The molecule has 0 aliphatic carbocycles. The van der Waals surface area contributed by atoms with Crippen LogP contribution in [0.25, 0.3) is 0 Å². The summed E-state index contributed by atoms with van der Waals surface area (Å²) in [5.41, 5.74) is 0.324. The predicted molar refractivity (Wildman–Crippen MR) is 73.4 cm³/mol. The summed E-state index contributed by atoms with van der Waals surface area (Å²) in [6, 6.07) is 0.417. The molecular formula is C13H23N3S. The zero-order valence-electron chi connectivity index (χ0n) is 10.8. The molecule has 1 fully saturated rings. The van der Waals surface area contributed by atoms with Gasteiger partial charge >= 0.3 is 0 Å². The third kappa shape index (κ3) is 3.06. The summed E-state index contributed by atoms with van der Waals surface area (Å²) in [7, 11) is 0. The van der Waals surface area contributed by atoms with Gasteiger partial charge in [-0.25, -0.2) is 4.98 Å². The molecule has 0 saturated carbocycles. The summed E-state index contributed by atoms with van der Waals surface area (Å²) in [5, 5.41) is 10.6. The van der Waals surface area contributed by atoms with Gasteiger partial charge in [-0.05, 0) is 32.2 Å². The second-order valence-electron chi connectivity index (χ2n) is 4.88.